The van der Waals surface area contributed by atoms with Crippen LogP contribution in [0.1, 0.15) is 27.2 Å². The molecule has 9 nitrogen and oxygen atoms in total. The third-order valence-corrected chi connectivity index (χ3v) is 11.4. The number of amides is 1. The highest BCUT2D eigenvalue weighted by molar-refractivity contribution is 7.16. The molecule has 2 atom stereocenters. The highest BCUT2D eigenvalue weighted by atomic mass is 32.1. The quantitative estimate of drug-likeness (QED) is 0.378. The molecule has 2 N–H and O–H groups in total. The van der Waals surface area contributed by atoms with Crippen molar-refractivity contribution >= 4 is 47.3 Å². The summed E-state index contributed by atoms with van der Waals surface area (Å²) in [5, 5.41) is 23.5. The lowest BCUT2D eigenvalue weighted by Crippen LogP contribution is -2.45. The minimum absolute atomic E-state index is 0.0239. The van der Waals surface area contributed by atoms with Crippen LogP contribution in [0, 0.1) is 10.1 Å². The lowest BCUT2D eigenvalue weighted by Gasteiger charge is -2.38. The van der Waals surface area contributed by atoms with E-state index in [0.29, 0.717) is 30.8 Å². The monoisotopic (exact) mass is 452 g/mol. The second kappa shape index (κ2) is 8.12. The molecule has 3 rings (SSSR count). The van der Waals surface area contributed by atoms with Gasteiger partial charge in [-0.1, -0.05) is 20.8 Å². The van der Waals surface area contributed by atoms with Gasteiger partial charge in [-0.25, -0.2) is 9.78 Å². The van der Waals surface area contributed by atoms with E-state index in [1.54, 1.807) is 11.6 Å². The number of carboxylic acid groups (broad SMARTS) is 1. The number of anilines is 1. The number of nitro groups is 1. The molecule has 11 heteroatoms. The number of hydrogen-bond donors (Lipinski definition) is 2. The number of fused-ring (bicyclic) bond motifs is 1. The van der Waals surface area contributed by atoms with E-state index in [2.05, 4.69) is 44.2 Å². The first kappa shape index (κ1) is 22.4. The number of nitrogens with zero attached hydrogens (tertiary/aromatic N) is 3. The Morgan fingerprint density at radius 1 is 1.47 bits per heavy atom. The van der Waals surface area contributed by atoms with E-state index in [9.17, 15) is 20.0 Å². The normalized spacial score (nSPS) is 20.0. The van der Waals surface area contributed by atoms with Crippen molar-refractivity contribution in [3.63, 3.8) is 0 Å². The van der Waals surface area contributed by atoms with E-state index >= 15 is 0 Å². The van der Waals surface area contributed by atoms with Gasteiger partial charge >= 0.3 is 6.09 Å². The van der Waals surface area contributed by atoms with E-state index in [1.807, 2.05) is 4.90 Å². The molecule has 1 aliphatic heterocycles. The van der Waals surface area contributed by atoms with Gasteiger partial charge in [0.2, 0.25) is 0 Å². The molecule has 1 aromatic carbocycles. The first-order valence-electron chi connectivity index (χ1n) is 9.81. The van der Waals surface area contributed by atoms with Gasteiger partial charge in [0.25, 0.3) is 5.69 Å². The van der Waals surface area contributed by atoms with Crippen LogP contribution < -0.4 is 10.2 Å². The van der Waals surface area contributed by atoms with E-state index < -0.39 is 19.3 Å². The Balaban J connectivity index is 1.99. The summed E-state index contributed by atoms with van der Waals surface area (Å²) in [7, 11) is -2.04. The van der Waals surface area contributed by atoms with E-state index in [4.69, 9.17) is 4.43 Å². The van der Waals surface area contributed by atoms with Crippen molar-refractivity contribution in [1.29, 1.82) is 0 Å². The Morgan fingerprint density at radius 2 is 2.17 bits per heavy atom. The van der Waals surface area contributed by atoms with Gasteiger partial charge in [0, 0.05) is 12.6 Å². The second-order valence-corrected chi connectivity index (χ2v) is 14.8. The molecular weight excluding hydrogens is 424 g/mol. The van der Waals surface area contributed by atoms with Crippen LogP contribution in [0.25, 0.3) is 10.2 Å². The number of thiazole rings is 1. The molecule has 1 fully saturated rings. The summed E-state index contributed by atoms with van der Waals surface area (Å²) < 4.78 is 7.27. The maximum atomic E-state index is 11.8. The van der Waals surface area contributed by atoms with E-state index in [-0.39, 0.29) is 22.8 Å². The van der Waals surface area contributed by atoms with Gasteiger partial charge < -0.3 is 19.7 Å². The van der Waals surface area contributed by atoms with Crippen LogP contribution in [0.2, 0.25) is 18.1 Å². The summed E-state index contributed by atoms with van der Waals surface area (Å²) in [6, 6.07) is 2.67. The number of rotatable bonds is 6. The number of aromatic nitrogens is 1. The fraction of sp³-hybridized carbons (Fsp3) is 0.579. The zero-order chi connectivity index (χ0) is 22.3. The number of hydrogen-bond acceptors (Lipinski definition) is 7. The largest absolute Gasteiger partial charge is 0.465 e. The molecular formula is C19H28N4O5SSi. The third kappa shape index (κ3) is 4.42. The van der Waals surface area contributed by atoms with E-state index in [0.717, 1.165) is 4.70 Å². The first-order valence-corrected chi connectivity index (χ1v) is 13.6. The summed E-state index contributed by atoms with van der Waals surface area (Å²) in [6.45, 7) is 11.5. The lowest BCUT2D eigenvalue weighted by atomic mass is 10.1. The molecule has 0 saturated carbocycles. The summed E-state index contributed by atoms with van der Waals surface area (Å²) in [6.07, 6.45) is -0.592. The van der Waals surface area contributed by atoms with Gasteiger partial charge in [-0.05, 0) is 30.6 Å². The second-order valence-electron chi connectivity index (χ2n) is 9.15. The molecule has 1 amide bonds. The van der Waals surface area contributed by atoms with Crippen LogP contribution in [-0.2, 0) is 4.43 Å². The van der Waals surface area contributed by atoms with Crippen LogP contribution in [-0.4, -0.2) is 54.7 Å². The van der Waals surface area contributed by atoms with Gasteiger partial charge in [-0.3, -0.25) is 10.1 Å². The maximum Gasteiger partial charge on any atom is 0.404 e. The molecule has 2 heterocycles. The average molecular weight is 453 g/mol. The number of benzene rings is 1. The van der Waals surface area contributed by atoms with Crippen molar-refractivity contribution in [3.8, 4) is 0 Å². The van der Waals surface area contributed by atoms with Crippen LogP contribution >= 0.6 is 11.3 Å². The average Bonchev–Trinajstić information content (AvgIpc) is 3.24. The van der Waals surface area contributed by atoms with Gasteiger partial charge in [-0.2, -0.15) is 0 Å². The zero-order valence-corrected chi connectivity index (χ0v) is 19.7. The highest BCUT2D eigenvalue weighted by Crippen LogP contribution is 2.41. The molecule has 164 valence electrons. The number of nitro benzene ring substituents is 1. The van der Waals surface area contributed by atoms with Gasteiger partial charge in [-0.15, -0.1) is 11.3 Å². The molecule has 0 aliphatic carbocycles. The van der Waals surface area contributed by atoms with Crippen molar-refractivity contribution in [2.45, 2.75) is 57.4 Å². The predicted molar refractivity (Wildman–Crippen MR) is 120 cm³/mol. The predicted octanol–water partition coefficient (Wildman–Crippen LogP) is 4.44. The summed E-state index contributed by atoms with van der Waals surface area (Å²) >= 11 is 1.42. The van der Waals surface area contributed by atoms with Gasteiger partial charge in [0.05, 0.1) is 33.8 Å². The van der Waals surface area contributed by atoms with Crippen molar-refractivity contribution in [2.75, 3.05) is 18.1 Å². The van der Waals surface area contributed by atoms with Crippen LogP contribution in [0.5, 0.6) is 0 Å². The molecule has 0 bridgehead atoms. The Labute approximate surface area is 180 Å². The van der Waals surface area contributed by atoms with Crippen molar-refractivity contribution in [1.82, 2.24) is 10.3 Å². The Bertz CT molecular complexity index is 958. The van der Waals surface area contributed by atoms with Crippen molar-refractivity contribution in [2.24, 2.45) is 0 Å². The van der Waals surface area contributed by atoms with Crippen LogP contribution in [0.15, 0.2) is 17.6 Å². The summed E-state index contributed by atoms with van der Waals surface area (Å²) in [5.74, 6) is 0. The number of carbonyl (C=O) groups is 1. The fourth-order valence-corrected chi connectivity index (χ4v) is 5.21. The summed E-state index contributed by atoms with van der Waals surface area (Å²) in [4.78, 5) is 28.9. The molecule has 1 aliphatic rings. The fourth-order valence-electron chi connectivity index (χ4n) is 3.49. The highest BCUT2D eigenvalue weighted by Gasteiger charge is 2.42. The molecule has 1 aromatic heterocycles. The minimum Gasteiger partial charge on any atom is -0.465 e. The third-order valence-electron chi connectivity index (χ3n) is 6.12. The standard InChI is InChI=1S/C19H28N4O5SSi/c1-19(2,3)30(4,5)28-10-13-8-12(21-18(24)25)9-22(13)17-14(23(26)27)6-7-15-16(17)20-11-29-15/h6-7,11-13,21H,8-10H2,1-5H3,(H,24,25)/t12-,13+/m1/s1. The molecule has 1 saturated heterocycles. The lowest BCUT2D eigenvalue weighted by molar-refractivity contribution is -0.384. The molecule has 30 heavy (non-hydrogen) atoms. The molecule has 0 unspecified atom stereocenters. The van der Waals surface area contributed by atoms with Crippen LogP contribution in [0.4, 0.5) is 16.2 Å². The van der Waals surface area contributed by atoms with E-state index in [1.165, 1.54) is 17.4 Å². The maximum absolute atomic E-state index is 11.8. The van der Waals surface area contributed by atoms with Crippen molar-refractivity contribution < 1.29 is 19.3 Å². The molecule has 0 radical (unpaired) electrons. The van der Waals surface area contributed by atoms with Gasteiger partial charge in [0.15, 0.2) is 8.32 Å². The minimum atomic E-state index is -2.04. The van der Waals surface area contributed by atoms with Gasteiger partial charge in [0.1, 0.15) is 11.2 Å². The van der Waals surface area contributed by atoms with Crippen LogP contribution in [0.3, 0.4) is 0 Å². The van der Waals surface area contributed by atoms with Crippen molar-refractivity contribution in [3.05, 3.63) is 27.8 Å². The smallest absolute Gasteiger partial charge is 0.404 e. The molecule has 2 aromatic rings. The zero-order valence-electron chi connectivity index (χ0n) is 17.8. The number of nitrogens with one attached hydrogen (secondary N) is 1. The Kier molecular flexibility index (Phi) is 6.07. The molecule has 0 spiro atoms. The Morgan fingerprint density at radius 3 is 2.77 bits per heavy atom. The summed E-state index contributed by atoms with van der Waals surface area (Å²) in [5.41, 5.74) is 2.66. The Hall–Kier alpha value is -2.24. The first-order chi connectivity index (χ1) is 13.9. The SMILES string of the molecule is CC(C)(C)[Si](C)(C)OC[C@@H]1C[C@@H](NC(=O)O)CN1c1c([N+](=O)[O-])ccc2scnc12. The topological polar surface area (TPSA) is 118 Å².